The van der Waals surface area contributed by atoms with E-state index in [1.165, 1.54) is 16.7 Å². The molecule has 1 N–H and O–H groups in total. The van der Waals surface area contributed by atoms with Crippen LogP contribution >= 0.6 is 0 Å². The number of rotatable bonds is 5. The molecule has 0 aliphatic rings. The van der Waals surface area contributed by atoms with E-state index >= 15 is 0 Å². The first-order chi connectivity index (χ1) is 9.16. The molecule has 0 saturated heterocycles. The summed E-state index contributed by atoms with van der Waals surface area (Å²) in [4.78, 5) is 0. The maximum Gasteiger partial charge on any atom is 0.0208 e. The fraction of sp³-hybridized carbons (Fsp3) is 0.333. The molecule has 0 aliphatic heterocycles. The lowest BCUT2D eigenvalue weighted by atomic mass is 10.0. The summed E-state index contributed by atoms with van der Waals surface area (Å²) in [5, 5.41) is 3.56. The smallest absolute Gasteiger partial charge is 0.0208 e. The number of hydrogen-bond acceptors (Lipinski definition) is 1. The molecule has 0 bridgehead atoms. The van der Waals surface area contributed by atoms with Crippen LogP contribution in [0.1, 0.15) is 26.3 Å². The molecule has 1 atom stereocenters. The molecule has 2 rings (SSSR count). The van der Waals surface area contributed by atoms with Crippen LogP contribution in [0.4, 0.5) is 0 Å². The van der Waals surface area contributed by atoms with Crippen LogP contribution in [0, 0.1) is 5.92 Å². The third kappa shape index (κ3) is 3.93. The van der Waals surface area contributed by atoms with Crippen molar-refractivity contribution in [3.05, 3.63) is 60.2 Å². The highest BCUT2D eigenvalue weighted by Gasteiger charge is 2.05. The van der Waals surface area contributed by atoms with Crippen LogP contribution in [0.2, 0.25) is 0 Å². The van der Waals surface area contributed by atoms with Gasteiger partial charge in [-0.1, -0.05) is 68.4 Å². The molecule has 0 heterocycles. The average molecular weight is 253 g/mol. The van der Waals surface area contributed by atoms with E-state index in [0.717, 1.165) is 6.54 Å². The maximum absolute atomic E-state index is 3.56. The van der Waals surface area contributed by atoms with Gasteiger partial charge in [0.15, 0.2) is 0 Å². The third-order valence-electron chi connectivity index (χ3n) is 3.69. The fourth-order valence-electron chi connectivity index (χ4n) is 1.96. The Balaban J connectivity index is 1.99. The lowest BCUT2D eigenvalue weighted by molar-refractivity contribution is 0.426. The minimum absolute atomic E-state index is 0.550. The first kappa shape index (κ1) is 13.8. The topological polar surface area (TPSA) is 12.0 Å². The number of nitrogens with one attached hydrogen (secondary N) is 1. The zero-order valence-electron chi connectivity index (χ0n) is 12.1. The van der Waals surface area contributed by atoms with Gasteiger partial charge in [0, 0.05) is 12.6 Å². The number of benzene rings is 2. The predicted molar refractivity (Wildman–Crippen MR) is 83.0 cm³/mol. The van der Waals surface area contributed by atoms with Crippen molar-refractivity contribution >= 4 is 0 Å². The highest BCUT2D eigenvalue weighted by Crippen LogP contribution is 2.19. The normalized spacial score (nSPS) is 12.6. The molecule has 1 unspecified atom stereocenters. The molecule has 1 nitrogen and oxygen atoms in total. The fourth-order valence-corrected chi connectivity index (χ4v) is 1.96. The third-order valence-corrected chi connectivity index (χ3v) is 3.69. The number of hydrogen-bond donors (Lipinski definition) is 1. The van der Waals surface area contributed by atoms with E-state index in [9.17, 15) is 0 Å². The van der Waals surface area contributed by atoms with E-state index in [-0.39, 0.29) is 0 Å². The van der Waals surface area contributed by atoms with E-state index in [0.29, 0.717) is 12.0 Å². The van der Waals surface area contributed by atoms with Gasteiger partial charge < -0.3 is 5.32 Å². The van der Waals surface area contributed by atoms with Crippen LogP contribution in [0.3, 0.4) is 0 Å². The van der Waals surface area contributed by atoms with Crippen molar-refractivity contribution in [3.8, 4) is 11.1 Å². The zero-order valence-corrected chi connectivity index (χ0v) is 12.1. The highest BCUT2D eigenvalue weighted by atomic mass is 14.9. The largest absolute Gasteiger partial charge is 0.310 e. The van der Waals surface area contributed by atoms with Crippen molar-refractivity contribution in [2.45, 2.75) is 33.4 Å². The zero-order chi connectivity index (χ0) is 13.7. The van der Waals surface area contributed by atoms with Crippen LogP contribution in [0.15, 0.2) is 54.6 Å². The van der Waals surface area contributed by atoms with Crippen LogP contribution in [0.25, 0.3) is 11.1 Å². The van der Waals surface area contributed by atoms with Gasteiger partial charge in [0.05, 0.1) is 0 Å². The highest BCUT2D eigenvalue weighted by molar-refractivity contribution is 5.63. The van der Waals surface area contributed by atoms with E-state index in [1.54, 1.807) is 0 Å². The summed E-state index contributed by atoms with van der Waals surface area (Å²) in [5.74, 6) is 0.670. The molecule has 0 saturated carbocycles. The Bertz CT molecular complexity index is 485. The van der Waals surface area contributed by atoms with Crippen molar-refractivity contribution in [1.29, 1.82) is 0 Å². The Morgan fingerprint density at radius 1 is 0.789 bits per heavy atom. The monoisotopic (exact) mass is 253 g/mol. The second-order valence-electron chi connectivity index (χ2n) is 5.48. The van der Waals surface area contributed by atoms with Gasteiger partial charge in [-0.3, -0.25) is 0 Å². The van der Waals surface area contributed by atoms with Crippen molar-refractivity contribution < 1.29 is 0 Å². The molecule has 1 heteroatoms. The Hall–Kier alpha value is -1.60. The van der Waals surface area contributed by atoms with Crippen LogP contribution in [-0.2, 0) is 6.54 Å². The average Bonchev–Trinajstić information content (AvgIpc) is 2.46. The summed E-state index contributed by atoms with van der Waals surface area (Å²) >= 11 is 0. The predicted octanol–water partition coefficient (Wildman–Crippen LogP) is 4.49. The molecule has 0 amide bonds. The lowest BCUT2D eigenvalue weighted by Gasteiger charge is -2.17. The minimum Gasteiger partial charge on any atom is -0.310 e. The van der Waals surface area contributed by atoms with E-state index < -0.39 is 0 Å². The second kappa shape index (κ2) is 6.53. The SMILES string of the molecule is CC(C)C(C)NCc1ccc(-c2ccccc2)cc1. The van der Waals surface area contributed by atoms with Crippen molar-refractivity contribution in [2.24, 2.45) is 5.92 Å². The molecular formula is C18H23N. The summed E-state index contributed by atoms with van der Waals surface area (Å²) < 4.78 is 0. The lowest BCUT2D eigenvalue weighted by Crippen LogP contribution is -2.30. The summed E-state index contributed by atoms with van der Waals surface area (Å²) in [6.07, 6.45) is 0. The first-order valence-corrected chi connectivity index (χ1v) is 7.04. The van der Waals surface area contributed by atoms with Gasteiger partial charge in [-0.05, 0) is 29.5 Å². The minimum atomic E-state index is 0.550. The van der Waals surface area contributed by atoms with Crippen LogP contribution < -0.4 is 5.32 Å². The summed E-state index contributed by atoms with van der Waals surface area (Å²) in [6, 6.07) is 19.9. The molecular weight excluding hydrogens is 230 g/mol. The van der Waals surface area contributed by atoms with E-state index in [4.69, 9.17) is 0 Å². The maximum atomic E-state index is 3.56. The summed E-state index contributed by atoms with van der Waals surface area (Å²) in [7, 11) is 0. The molecule has 0 aromatic heterocycles. The summed E-state index contributed by atoms with van der Waals surface area (Å²) in [6.45, 7) is 7.67. The van der Waals surface area contributed by atoms with Crippen molar-refractivity contribution in [1.82, 2.24) is 5.32 Å². The Morgan fingerprint density at radius 3 is 1.95 bits per heavy atom. The Kier molecular flexibility index (Phi) is 4.75. The van der Waals surface area contributed by atoms with Crippen molar-refractivity contribution in [2.75, 3.05) is 0 Å². The van der Waals surface area contributed by atoms with Gasteiger partial charge >= 0.3 is 0 Å². The van der Waals surface area contributed by atoms with Gasteiger partial charge in [0.25, 0.3) is 0 Å². The molecule has 2 aromatic carbocycles. The molecule has 2 aromatic rings. The molecule has 0 spiro atoms. The Morgan fingerprint density at radius 2 is 1.37 bits per heavy atom. The van der Waals surface area contributed by atoms with Gasteiger partial charge in [0.2, 0.25) is 0 Å². The van der Waals surface area contributed by atoms with Gasteiger partial charge in [-0.2, -0.15) is 0 Å². The van der Waals surface area contributed by atoms with E-state index in [2.05, 4.69) is 80.7 Å². The quantitative estimate of drug-likeness (QED) is 0.828. The Labute approximate surface area is 116 Å². The summed E-state index contributed by atoms with van der Waals surface area (Å²) in [5.41, 5.74) is 3.89. The van der Waals surface area contributed by atoms with Crippen LogP contribution in [0.5, 0.6) is 0 Å². The van der Waals surface area contributed by atoms with Crippen LogP contribution in [-0.4, -0.2) is 6.04 Å². The molecule has 0 fully saturated rings. The van der Waals surface area contributed by atoms with Crippen molar-refractivity contribution in [3.63, 3.8) is 0 Å². The standard InChI is InChI=1S/C18H23N/c1-14(2)15(3)19-13-16-9-11-18(12-10-16)17-7-5-4-6-8-17/h4-12,14-15,19H,13H2,1-3H3. The van der Waals surface area contributed by atoms with Gasteiger partial charge in [-0.25, -0.2) is 0 Å². The molecule has 0 aliphatic carbocycles. The molecule has 0 radical (unpaired) electrons. The molecule has 100 valence electrons. The van der Waals surface area contributed by atoms with E-state index in [1.807, 2.05) is 0 Å². The first-order valence-electron chi connectivity index (χ1n) is 7.04. The van der Waals surface area contributed by atoms with Gasteiger partial charge in [0.1, 0.15) is 0 Å². The second-order valence-corrected chi connectivity index (χ2v) is 5.48. The van der Waals surface area contributed by atoms with Gasteiger partial charge in [-0.15, -0.1) is 0 Å². The molecule has 19 heavy (non-hydrogen) atoms.